The number of esters is 1. The Hall–Kier alpha value is -1.84. The molecule has 0 atom stereocenters. The Balaban J connectivity index is 2.84. The molecule has 0 amide bonds. The van der Waals surface area contributed by atoms with E-state index in [2.05, 4.69) is 4.98 Å². The molecule has 0 bridgehead atoms. The number of ether oxygens (including phenoxy) is 1. The second-order valence-electron chi connectivity index (χ2n) is 3.47. The minimum Gasteiger partial charge on any atom is -0.465 e. The van der Waals surface area contributed by atoms with Crippen molar-refractivity contribution < 1.29 is 9.53 Å². The van der Waals surface area contributed by atoms with Crippen molar-refractivity contribution >= 4 is 17.0 Å². The number of imidazole rings is 1. The van der Waals surface area contributed by atoms with E-state index >= 15 is 0 Å². The van der Waals surface area contributed by atoms with Crippen molar-refractivity contribution in [3.05, 3.63) is 29.6 Å². The fourth-order valence-corrected chi connectivity index (χ4v) is 1.71. The number of aryl methyl sites for hydroxylation is 2. The maximum Gasteiger partial charge on any atom is 0.340 e. The highest BCUT2D eigenvalue weighted by Gasteiger charge is 2.16. The van der Waals surface area contributed by atoms with E-state index in [1.165, 1.54) is 7.11 Å². The van der Waals surface area contributed by atoms with E-state index in [0.29, 0.717) is 5.56 Å². The Kier molecular flexibility index (Phi) is 2.19. The predicted molar refractivity (Wildman–Crippen MR) is 56.8 cm³/mol. The molecule has 1 heterocycles. The first-order chi connectivity index (χ1) is 7.15. The third-order valence-electron chi connectivity index (χ3n) is 2.48. The van der Waals surface area contributed by atoms with E-state index in [1.54, 1.807) is 6.33 Å². The van der Waals surface area contributed by atoms with Crippen molar-refractivity contribution in [1.82, 2.24) is 9.55 Å². The molecule has 2 rings (SSSR count). The topological polar surface area (TPSA) is 44.1 Å². The average Bonchev–Trinajstić information content (AvgIpc) is 2.60. The van der Waals surface area contributed by atoms with Crippen LogP contribution in [0, 0.1) is 6.92 Å². The smallest absolute Gasteiger partial charge is 0.340 e. The quantitative estimate of drug-likeness (QED) is 0.664. The summed E-state index contributed by atoms with van der Waals surface area (Å²) in [5, 5.41) is 0. The van der Waals surface area contributed by atoms with Crippen molar-refractivity contribution in [3.8, 4) is 0 Å². The van der Waals surface area contributed by atoms with E-state index in [9.17, 15) is 4.79 Å². The number of rotatable bonds is 1. The highest BCUT2D eigenvalue weighted by atomic mass is 16.5. The molecule has 1 aromatic heterocycles. The Morgan fingerprint density at radius 1 is 1.47 bits per heavy atom. The molecule has 0 spiro atoms. The number of hydrogen-bond donors (Lipinski definition) is 0. The molecule has 0 radical (unpaired) electrons. The van der Waals surface area contributed by atoms with Gasteiger partial charge in [-0.3, -0.25) is 0 Å². The van der Waals surface area contributed by atoms with Crippen molar-refractivity contribution in [2.24, 2.45) is 7.05 Å². The van der Waals surface area contributed by atoms with Gasteiger partial charge in [-0.05, 0) is 18.6 Å². The molecule has 0 saturated heterocycles. The molecule has 0 unspecified atom stereocenters. The maximum atomic E-state index is 11.6. The van der Waals surface area contributed by atoms with Crippen LogP contribution in [-0.4, -0.2) is 22.6 Å². The summed E-state index contributed by atoms with van der Waals surface area (Å²) in [5.41, 5.74) is 3.12. The van der Waals surface area contributed by atoms with Gasteiger partial charge in [-0.15, -0.1) is 0 Å². The molecule has 0 aliphatic rings. The second-order valence-corrected chi connectivity index (χ2v) is 3.47. The lowest BCUT2D eigenvalue weighted by atomic mass is 10.1. The maximum absolute atomic E-state index is 11.6. The largest absolute Gasteiger partial charge is 0.465 e. The SMILES string of the molecule is COC(=O)c1c(C)ccc2ncn(C)c12. The Labute approximate surface area is 87.5 Å². The minimum atomic E-state index is -0.318. The molecule has 0 fully saturated rings. The fourth-order valence-electron chi connectivity index (χ4n) is 1.71. The summed E-state index contributed by atoms with van der Waals surface area (Å²) < 4.78 is 6.60. The van der Waals surface area contributed by atoms with Gasteiger partial charge in [0, 0.05) is 7.05 Å². The van der Waals surface area contributed by atoms with Gasteiger partial charge in [0.25, 0.3) is 0 Å². The Bertz CT molecular complexity index is 529. The molecular weight excluding hydrogens is 192 g/mol. The number of nitrogens with zero attached hydrogens (tertiary/aromatic N) is 2. The lowest BCUT2D eigenvalue weighted by Gasteiger charge is -2.06. The molecule has 1 aromatic carbocycles. The summed E-state index contributed by atoms with van der Waals surface area (Å²) in [6, 6.07) is 3.78. The molecule has 0 aliphatic carbocycles. The molecule has 0 saturated carbocycles. The molecule has 2 aromatic rings. The highest BCUT2D eigenvalue weighted by molar-refractivity contribution is 6.03. The fraction of sp³-hybridized carbons (Fsp3) is 0.273. The lowest BCUT2D eigenvalue weighted by molar-refractivity contribution is 0.0602. The zero-order valence-electron chi connectivity index (χ0n) is 8.94. The van der Waals surface area contributed by atoms with Crippen LogP contribution in [0.15, 0.2) is 18.5 Å². The van der Waals surface area contributed by atoms with Gasteiger partial charge in [0.2, 0.25) is 0 Å². The van der Waals surface area contributed by atoms with Gasteiger partial charge >= 0.3 is 5.97 Å². The molecule has 15 heavy (non-hydrogen) atoms. The molecule has 0 aliphatic heterocycles. The molecule has 4 heteroatoms. The number of aromatic nitrogens is 2. The zero-order valence-corrected chi connectivity index (χ0v) is 8.94. The first kappa shape index (κ1) is 9.71. The number of fused-ring (bicyclic) bond motifs is 1. The van der Waals surface area contributed by atoms with Crippen molar-refractivity contribution in [2.45, 2.75) is 6.92 Å². The van der Waals surface area contributed by atoms with Crippen LogP contribution in [0.25, 0.3) is 11.0 Å². The molecule has 78 valence electrons. The van der Waals surface area contributed by atoms with E-state index in [4.69, 9.17) is 4.74 Å². The van der Waals surface area contributed by atoms with Crippen LogP contribution in [-0.2, 0) is 11.8 Å². The standard InChI is InChI=1S/C11H12N2O2/c1-7-4-5-8-10(13(2)6-12-8)9(7)11(14)15-3/h4-6H,1-3H3. The van der Waals surface area contributed by atoms with Gasteiger partial charge in [-0.2, -0.15) is 0 Å². The summed E-state index contributed by atoms with van der Waals surface area (Å²) in [5.74, 6) is -0.318. The first-order valence-electron chi connectivity index (χ1n) is 4.64. The predicted octanol–water partition coefficient (Wildman–Crippen LogP) is 1.67. The summed E-state index contributed by atoms with van der Waals surface area (Å²) in [4.78, 5) is 15.8. The van der Waals surface area contributed by atoms with Gasteiger partial charge < -0.3 is 9.30 Å². The van der Waals surface area contributed by atoms with E-state index in [0.717, 1.165) is 16.6 Å². The monoisotopic (exact) mass is 204 g/mol. The lowest BCUT2D eigenvalue weighted by Crippen LogP contribution is -2.06. The number of hydrogen-bond acceptors (Lipinski definition) is 3. The first-order valence-corrected chi connectivity index (χ1v) is 4.64. The van der Waals surface area contributed by atoms with E-state index in [1.807, 2.05) is 30.7 Å². The van der Waals surface area contributed by atoms with Gasteiger partial charge in [-0.25, -0.2) is 9.78 Å². The van der Waals surface area contributed by atoms with Crippen molar-refractivity contribution in [1.29, 1.82) is 0 Å². The normalized spacial score (nSPS) is 10.6. The summed E-state index contributed by atoms with van der Waals surface area (Å²) in [7, 11) is 3.25. The van der Waals surface area contributed by atoms with Crippen LogP contribution in [0.4, 0.5) is 0 Å². The van der Waals surface area contributed by atoms with E-state index < -0.39 is 0 Å². The summed E-state index contributed by atoms with van der Waals surface area (Å²) in [6.45, 7) is 1.89. The Morgan fingerprint density at radius 3 is 2.87 bits per heavy atom. The minimum absolute atomic E-state index is 0.318. The van der Waals surface area contributed by atoms with Crippen LogP contribution < -0.4 is 0 Å². The van der Waals surface area contributed by atoms with Gasteiger partial charge in [0.15, 0.2) is 0 Å². The van der Waals surface area contributed by atoms with Crippen LogP contribution in [0.5, 0.6) is 0 Å². The van der Waals surface area contributed by atoms with Crippen molar-refractivity contribution in [3.63, 3.8) is 0 Å². The van der Waals surface area contributed by atoms with Crippen LogP contribution >= 0.6 is 0 Å². The van der Waals surface area contributed by atoms with Gasteiger partial charge in [0.1, 0.15) is 0 Å². The summed E-state index contributed by atoms with van der Waals surface area (Å²) >= 11 is 0. The molecular formula is C11H12N2O2. The number of carbonyl (C=O) groups is 1. The zero-order chi connectivity index (χ0) is 11.0. The highest BCUT2D eigenvalue weighted by Crippen LogP contribution is 2.21. The summed E-state index contributed by atoms with van der Waals surface area (Å²) in [6.07, 6.45) is 1.69. The third kappa shape index (κ3) is 1.38. The van der Waals surface area contributed by atoms with E-state index in [-0.39, 0.29) is 5.97 Å². The number of benzene rings is 1. The number of carbonyl (C=O) groups excluding carboxylic acids is 1. The molecule has 0 N–H and O–H groups in total. The van der Waals surface area contributed by atoms with Crippen LogP contribution in [0.3, 0.4) is 0 Å². The van der Waals surface area contributed by atoms with Crippen LogP contribution in [0.2, 0.25) is 0 Å². The van der Waals surface area contributed by atoms with Gasteiger partial charge in [-0.1, -0.05) is 6.07 Å². The Morgan fingerprint density at radius 2 is 2.20 bits per heavy atom. The van der Waals surface area contributed by atoms with Gasteiger partial charge in [0.05, 0.1) is 30.0 Å². The molecule has 4 nitrogen and oxygen atoms in total. The number of methoxy groups -OCH3 is 1. The second kappa shape index (κ2) is 3.38. The van der Waals surface area contributed by atoms with Crippen LogP contribution in [0.1, 0.15) is 15.9 Å². The third-order valence-corrected chi connectivity index (χ3v) is 2.48. The average molecular weight is 204 g/mol. The van der Waals surface area contributed by atoms with Crippen molar-refractivity contribution in [2.75, 3.05) is 7.11 Å².